The lowest BCUT2D eigenvalue weighted by atomic mass is 10.1. The molecule has 2 aromatic rings. The Labute approximate surface area is 153 Å². The molecule has 0 radical (unpaired) electrons. The molecule has 0 saturated carbocycles. The molecule has 0 aliphatic heterocycles. The molecule has 2 rings (SSSR count). The number of carbonyl (C=O) groups is 2. The maximum atomic E-state index is 12.0. The second-order valence-electron chi connectivity index (χ2n) is 4.94. The smallest absolute Gasteiger partial charge is 0.283 e. The van der Waals surface area contributed by atoms with Gasteiger partial charge in [0.1, 0.15) is 5.56 Å². The van der Waals surface area contributed by atoms with Gasteiger partial charge in [0.25, 0.3) is 17.5 Å². The van der Waals surface area contributed by atoms with Gasteiger partial charge in [-0.3, -0.25) is 19.7 Å². The molecule has 25 heavy (non-hydrogen) atoms. The monoisotopic (exact) mass is 381 g/mol. The lowest BCUT2D eigenvalue weighted by molar-refractivity contribution is -0.385. The van der Waals surface area contributed by atoms with Gasteiger partial charge in [-0.25, -0.2) is 0 Å². The number of nitro groups is 1. The van der Waals surface area contributed by atoms with Crippen molar-refractivity contribution in [1.29, 1.82) is 0 Å². The van der Waals surface area contributed by atoms with Crippen LogP contribution in [0.5, 0.6) is 0 Å². The fraction of sp³-hybridized carbons (Fsp3) is 0.125. The number of benzene rings is 2. The summed E-state index contributed by atoms with van der Waals surface area (Å²) in [6.45, 7) is 0.270. The average molecular weight is 382 g/mol. The number of nitrogens with zero attached hydrogens (tertiary/aromatic N) is 1. The van der Waals surface area contributed by atoms with E-state index in [1.807, 2.05) is 0 Å². The SMILES string of the molecule is O=C(NCCNC(=O)c1ccc(Cl)cc1[N+](=O)[O-])c1ccc(Cl)cc1. The van der Waals surface area contributed by atoms with E-state index in [0.717, 1.165) is 6.07 Å². The number of carbonyl (C=O) groups excluding carboxylic acids is 2. The van der Waals surface area contributed by atoms with Crippen LogP contribution >= 0.6 is 23.2 Å². The highest BCUT2D eigenvalue weighted by atomic mass is 35.5. The van der Waals surface area contributed by atoms with Gasteiger partial charge >= 0.3 is 0 Å². The van der Waals surface area contributed by atoms with E-state index in [-0.39, 0.29) is 35.3 Å². The van der Waals surface area contributed by atoms with Crippen molar-refractivity contribution in [2.45, 2.75) is 0 Å². The van der Waals surface area contributed by atoms with Gasteiger partial charge in [-0.2, -0.15) is 0 Å². The highest BCUT2D eigenvalue weighted by molar-refractivity contribution is 6.31. The normalized spacial score (nSPS) is 10.2. The molecular weight excluding hydrogens is 369 g/mol. The number of hydrogen-bond donors (Lipinski definition) is 2. The minimum absolute atomic E-state index is 0.0987. The quantitative estimate of drug-likeness (QED) is 0.456. The van der Waals surface area contributed by atoms with Crippen LogP contribution in [0, 0.1) is 10.1 Å². The first kappa shape index (κ1) is 18.7. The van der Waals surface area contributed by atoms with Gasteiger partial charge in [-0.15, -0.1) is 0 Å². The molecule has 2 amide bonds. The van der Waals surface area contributed by atoms with E-state index in [1.54, 1.807) is 24.3 Å². The van der Waals surface area contributed by atoms with E-state index < -0.39 is 10.8 Å². The molecule has 2 N–H and O–H groups in total. The van der Waals surface area contributed by atoms with E-state index in [4.69, 9.17) is 23.2 Å². The lowest BCUT2D eigenvalue weighted by Crippen LogP contribution is -2.34. The topological polar surface area (TPSA) is 101 Å². The Bertz CT molecular complexity index is 810. The zero-order valence-electron chi connectivity index (χ0n) is 12.8. The molecule has 0 spiro atoms. The molecule has 0 aliphatic carbocycles. The number of nitrogens with one attached hydrogen (secondary N) is 2. The molecule has 0 saturated heterocycles. The number of hydrogen-bond acceptors (Lipinski definition) is 4. The summed E-state index contributed by atoms with van der Waals surface area (Å²) in [5.41, 5.74) is -0.0438. The summed E-state index contributed by atoms with van der Waals surface area (Å²) in [4.78, 5) is 34.2. The molecule has 0 heterocycles. The Hall–Kier alpha value is -2.64. The fourth-order valence-electron chi connectivity index (χ4n) is 2.00. The minimum Gasteiger partial charge on any atom is -0.350 e. The van der Waals surface area contributed by atoms with E-state index in [0.29, 0.717) is 10.6 Å². The first-order chi connectivity index (χ1) is 11.9. The van der Waals surface area contributed by atoms with Crippen LogP contribution in [0.3, 0.4) is 0 Å². The highest BCUT2D eigenvalue weighted by Gasteiger charge is 2.20. The summed E-state index contributed by atoms with van der Waals surface area (Å²) in [5.74, 6) is -0.938. The van der Waals surface area contributed by atoms with Crippen LogP contribution in [0.4, 0.5) is 5.69 Å². The highest BCUT2D eigenvalue weighted by Crippen LogP contribution is 2.22. The van der Waals surface area contributed by atoms with Crippen LogP contribution in [0.2, 0.25) is 10.0 Å². The van der Waals surface area contributed by atoms with Gasteiger partial charge < -0.3 is 10.6 Å². The third-order valence-corrected chi connectivity index (χ3v) is 3.69. The summed E-state index contributed by atoms with van der Waals surface area (Å²) >= 11 is 11.4. The average Bonchev–Trinajstić information content (AvgIpc) is 2.58. The van der Waals surface area contributed by atoms with Crippen LogP contribution in [0.1, 0.15) is 20.7 Å². The van der Waals surface area contributed by atoms with Crippen LogP contribution in [0.15, 0.2) is 42.5 Å². The Morgan fingerprint density at radius 1 is 0.920 bits per heavy atom. The van der Waals surface area contributed by atoms with Crippen molar-refractivity contribution in [3.63, 3.8) is 0 Å². The zero-order chi connectivity index (χ0) is 18.4. The molecule has 130 valence electrons. The Kier molecular flexibility index (Phi) is 6.32. The van der Waals surface area contributed by atoms with Gasteiger partial charge in [-0.1, -0.05) is 23.2 Å². The zero-order valence-corrected chi connectivity index (χ0v) is 14.3. The molecule has 0 aliphatic rings. The first-order valence-electron chi connectivity index (χ1n) is 7.14. The summed E-state index contributed by atoms with van der Waals surface area (Å²) in [6.07, 6.45) is 0. The van der Waals surface area contributed by atoms with Crippen molar-refractivity contribution >= 4 is 40.7 Å². The van der Waals surface area contributed by atoms with E-state index in [9.17, 15) is 19.7 Å². The Morgan fingerprint density at radius 3 is 2.08 bits per heavy atom. The molecule has 9 heteroatoms. The predicted molar refractivity (Wildman–Crippen MR) is 94.2 cm³/mol. The Morgan fingerprint density at radius 2 is 1.48 bits per heavy atom. The van der Waals surface area contributed by atoms with Crippen molar-refractivity contribution < 1.29 is 14.5 Å². The van der Waals surface area contributed by atoms with Crippen molar-refractivity contribution in [3.05, 3.63) is 73.8 Å². The summed E-state index contributed by atoms with van der Waals surface area (Å²) < 4.78 is 0. The second-order valence-corrected chi connectivity index (χ2v) is 5.81. The van der Waals surface area contributed by atoms with E-state index in [2.05, 4.69) is 10.6 Å². The molecule has 7 nitrogen and oxygen atoms in total. The number of nitro benzene ring substituents is 1. The Balaban J connectivity index is 1.88. The third kappa shape index (κ3) is 5.17. The van der Waals surface area contributed by atoms with Crippen LogP contribution in [-0.4, -0.2) is 29.8 Å². The standard InChI is InChI=1S/C16H13Cl2N3O4/c17-11-3-1-10(2-4-11)15(22)19-7-8-20-16(23)13-6-5-12(18)9-14(13)21(24)25/h1-6,9H,7-8H2,(H,19,22)(H,20,23). The van der Waals surface area contributed by atoms with Crippen molar-refractivity contribution in [3.8, 4) is 0 Å². The molecule has 0 unspecified atom stereocenters. The van der Waals surface area contributed by atoms with Gasteiger partial charge in [0, 0.05) is 34.8 Å². The number of amides is 2. The van der Waals surface area contributed by atoms with E-state index in [1.165, 1.54) is 12.1 Å². The molecule has 0 atom stereocenters. The maximum absolute atomic E-state index is 12.0. The largest absolute Gasteiger partial charge is 0.350 e. The lowest BCUT2D eigenvalue weighted by Gasteiger charge is -2.08. The van der Waals surface area contributed by atoms with Crippen LogP contribution in [0.25, 0.3) is 0 Å². The minimum atomic E-state index is -0.677. The molecule has 0 bridgehead atoms. The number of rotatable bonds is 6. The second kappa shape index (κ2) is 8.46. The third-order valence-electron chi connectivity index (χ3n) is 3.20. The van der Waals surface area contributed by atoms with Gasteiger partial charge in [-0.05, 0) is 36.4 Å². The fourth-order valence-corrected chi connectivity index (χ4v) is 2.29. The van der Waals surface area contributed by atoms with Crippen LogP contribution in [-0.2, 0) is 0 Å². The summed E-state index contributed by atoms with van der Waals surface area (Å²) in [5, 5.41) is 16.8. The molecule has 2 aromatic carbocycles. The maximum Gasteiger partial charge on any atom is 0.283 e. The van der Waals surface area contributed by atoms with Crippen molar-refractivity contribution in [1.82, 2.24) is 10.6 Å². The number of halogens is 2. The first-order valence-corrected chi connectivity index (χ1v) is 7.90. The molecular formula is C16H13Cl2N3O4. The molecule has 0 aromatic heterocycles. The van der Waals surface area contributed by atoms with Gasteiger partial charge in [0.05, 0.1) is 4.92 Å². The molecule has 0 fully saturated rings. The van der Waals surface area contributed by atoms with Crippen LogP contribution < -0.4 is 10.6 Å². The summed E-state index contributed by atoms with van der Waals surface area (Å²) in [7, 11) is 0. The van der Waals surface area contributed by atoms with Crippen molar-refractivity contribution in [2.24, 2.45) is 0 Å². The van der Waals surface area contributed by atoms with E-state index >= 15 is 0 Å². The van der Waals surface area contributed by atoms with Crippen molar-refractivity contribution in [2.75, 3.05) is 13.1 Å². The predicted octanol–water partition coefficient (Wildman–Crippen LogP) is 3.06. The summed E-state index contributed by atoms with van der Waals surface area (Å²) in [6, 6.07) is 10.1. The van der Waals surface area contributed by atoms with Gasteiger partial charge in [0.15, 0.2) is 0 Å². The van der Waals surface area contributed by atoms with Gasteiger partial charge in [0.2, 0.25) is 0 Å².